The highest BCUT2D eigenvalue weighted by Gasteiger charge is 2.14. The summed E-state index contributed by atoms with van der Waals surface area (Å²) in [4.78, 5) is 11.7. The van der Waals surface area contributed by atoms with E-state index in [1.54, 1.807) is 12.1 Å². The van der Waals surface area contributed by atoms with Crippen LogP contribution >= 0.6 is 0 Å². The van der Waals surface area contributed by atoms with Crippen molar-refractivity contribution in [2.45, 2.75) is 45.1 Å². The summed E-state index contributed by atoms with van der Waals surface area (Å²) in [6.45, 7) is 2.05. The van der Waals surface area contributed by atoms with E-state index in [2.05, 4.69) is 0 Å². The van der Waals surface area contributed by atoms with Crippen LogP contribution in [0.3, 0.4) is 0 Å². The summed E-state index contributed by atoms with van der Waals surface area (Å²) >= 11 is 0. The van der Waals surface area contributed by atoms with Gasteiger partial charge < -0.3 is 9.47 Å². The van der Waals surface area contributed by atoms with E-state index >= 15 is 0 Å². The van der Waals surface area contributed by atoms with Gasteiger partial charge in [0.05, 0.1) is 11.7 Å². The summed E-state index contributed by atoms with van der Waals surface area (Å²) in [5, 5.41) is 0. The Morgan fingerprint density at radius 1 is 1.17 bits per heavy atom. The van der Waals surface area contributed by atoms with Crippen LogP contribution in [0.5, 0.6) is 0 Å². The van der Waals surface area contributed by atoms with Gasteiger partial charge in [0, 0.05) is 0 Å². The van der Waals surface area contributed by atoms with E-state index in [0.29, 0.717) is 5.56 Å². The van der Waals surface area contributed by atoms with E-state index in [4.69, 9.17) is 9.47 Å². The largest absolute Gasteiger partial charge is 0.435 e. The fourth-order valence-corrected chi connectivity index (χ4v) is 2.19. The number of carbonyl (C=O) groups is 1. The Balaban J connectivity index is 1.72. The number of hydrogen-bond acceptors (Lipinski definition) is 3. The van der Waals surface area contributed by atoms with Gasteiger partial charge in [0.1, 0.15) is 0 Å². The van der Waals surface area contributed by atoms with Gasteiger partial charge in [-0.15, -0.1) is 0 Å². The average Bonchev–Trinajstić information content (AvgIpc) is 2.40. The highest BCUT2D eigenvalue weighted by molar-refractivity contribution is 5.89. The van der Waals surface area contributed by atoms with Crippen LogP contribution in [-0.4, -0.2) is 18.9 Å². The van der Waals surface area contributed by atoms with E-state index in [1.807, 2.05) is 19.1 Å². The van der Waals surface area contributed by atoms with Crippen LogP contribution in [0.2, 0.25) is 0 Å². The normalized spacial score (nSPS) is 16.5. The zero-order chi connectivity index (χ0) is 12.8. The van der Waals surface area contributed by atoms with Crippen molar-refractivity contribution in [1.29, 1.82) is 0 Å². The van der Waals surface area contributed by atoms with Crippen molar-refractivity contribution in [2.24, 2.45) is 0 Å². The fourth-order valence-electron chi connectivity index (χ4n) is 2.19. The first kappa shape index (κ1) is 13.1. The highest BCUT2D eigenvalue weighted by atomic mass is 16.7. The summed E-state index contributed by atoms with van der Waals surface area (Å²) in [5.41, 5.74) is 1.71. The molecule has 0 aromatic heterocycles. The molecule has 3 heteroatoms. The van der Waals surface area contributed by atoms with Gasteiger partial charge in [-0.05, 0) is 31.9 Å². The monoisotopic (exact) mass is 248 g/mol. The molecule has 0 heterocycles. The first-order valence-electron chi connectivity index (χ1n) is 6.61. The van der Waals surface area contributed by atoms with Crippen LogP contribution in [-0.2, 0) is 9.47 Å². The van der Waals surface area contributed by atoms with Crippen LogP contribution in [0, 0.1) is 6.92 Å². The zero-order valence-corrected chi connectivity index (χ0v) is 10.9. The lowest BCUT2D eigenvalue weighted by molar-refractivity contribution is -0.0749. The van der Waals surface area contributed by atoms with E-state index in [0.717, 1.165) is 18.4 Å². The third-order valence-electron chi connectivity index (χ3n) is 3.33. The maximum absolute atomic E-state index is 11.7. The van der Waals surface area contributed by atoms with E-state index in [-0.39, 0.29) is 18.9 Å². The molecule has 18 heavy (non-hydrogen) atoms. The summed E-state index contributed by atoms with van der Waals surface area (Å²) in [5.74, 6) is -0.314. The van der Waals surface area contributed by atoms with Crippen molar-refractivity contribution >= 4 is 5.97 Å². The molecule has 2 rings (SSSR count). The Morgan fingerprint density at radius 3 is 2.50 bits per heavy atom. The van der Waals surface area contributed by atoms with Gasteiger partial charge in [-0.2, -0.15) is 0 Å². The van der Waals surface area contributed by atoms with Crippen LogP contribution < -0.4 is 0 Å². The maximum atomic E-state index is 11.7. The second-order valence-corrected chi connectivity index (χ2v) is 4.84. The SMILES string of the molecule is Cc1ccc(C(=O)OCOC2CCCCC2)cc1. The Labute approximate surface area is 108 Å². The summed E-state index contributed by atoms with van der Waals surface area (Å²) in [6.07, 6.45) is 6.17. The van der Waals surface area contributed by atoms with Crippen molar-refractivity contribution in [2.75, 3.05) is 6.79 Å². The van der Waals surface area contributed by atoms with Gasteiger partial charge in [0.2, 0.25) is 0 Å². The molecule has 1 aromatic rings. The van der Waals surface area contributed by atoms with Crippen molar-refractivity contribution in [3.05, 3.63) is 35.4 Å². The molecule has 0 radical (unpaired) electrons. The number of esters is 1. The molecule has 1 aliphatic carbocycles. The molecule has 0 aliphatic heterocycles. The van der Waals surface area contributed by atoms with Crippen LogP contribution in [0.15, 0.2) is 24.3 Å². The number of hydrogen-bond donors (Lipinski definition) is 0. The second-order valence-electron chi connectivity index (χ2n) is 4.84. The minimum absolute atomic E-state index is 0.0668. The highest BCUT2D eigenvalue weighted by Crippen LogP contribution is 2.20. The standard InChI is InChI=1S/C15H20O3/c1-12-7-9-13(10-8-12)15(16)18-11-17-14-5-3-2-4-6-14/h7-10,14H,2-6,11H2,1H3. The van der Waals surface area contributed by atoms with Crippen LogP contribution in [0.25, 0.3) is 0 Å². The summed E-state index contributed by atoms with van der Waals surface area (Å²) in [7, 11) is 0. The molecule has 3 nitrogen and oxygen atoms in total. The van der Waals surface area contributed by atoms with E-state index in [1.165, 1.54) is 19.3 Å². The number of rotatable bonds is 4. The lowest BCUT2D eigenvalue weighted by Crippen LogP contribution is -2.19. The Bertz CT molecular complexity index is 377. The molecular formula is C15H20O3. The topological polar surface area (TPSA) is 35.5 Å². The molecule has 0 amide bonds. The van der Waals surface area contributed by atoms with Gasteiger partial charge in [-0.1, -0.05) is 37.0 Å². The maximum Gasteiger partial charge on any atom is 0.340 e. The smallest absolute Gasteiger partial charge is 0.340 e. The van der Waals surface area contributed by atoms with Gasteiger partial charge in [-0.3, -0.25) is 0 Å². The molecule has 1 aliphatic rings. The molecule has 0 bridgehead atoms. The molecule has 0 saturated heterocycles. The fraction of sp³-hybridized carbons (Fsp3) is 0.533. The predicted molar refractivity (Wildman–Crippen MR) is 69.4 cm³/mol. The molecule has 98 valence electrons. The second kappa shape index (κ2) is 6.55. The van der Waals surface area contributed by atoms with Gasteiger partial charge in [-0.25, -0.2) is 4.79 Å². The van der Waals surface area contributed by atoms with Crippen molar-refractivity contribution in [1.82, 2.24) is 0 Å². The lowest BCUT2D eigenvalue weighted by Gasteiger charge is -2.21. The Morgan fingerprint density at radius 2 is 1.83 bits per heavy atom. The molecule has 0 unspecified atom stereocenters. The molecular weight excluding hydrogens is 228 g/mol. The van der Waals surface area contributed by atoms with Crippen molar-refractivity contribution in [3.8, 4) is 0 Å². The first-order chi connectivity index (χ1) is 8.75. The third kappa shape index (κ3) is 3.84. The third-order valence-corrected chi connectivity index (χ3v) is 3.33. The summed E-state index contributed by atoms with van der Waals surface area (Å²) < 4.78 is 10.7. The Kier molecular flexibility index (Phi) is 4.76. The van der Waals surface area contributed by atoms with Crippen molar-refractivity contribution < 1.29 is 14.3 Å². The molecule has 0 N–H and O–H groups in total. The number of benzene rings is 1. The van der Waals surface area contributed by atoms with E-state index in [9.17, 15) is 4.79 Å². The zero-order valence-electron chi connectivity index (χ0n) is 10.9. The number of carbonyl (C=O) groups excluding carboxylic acids is 1. The molecule has 1 saturated carbocycles. The molecule has 1 fully saturated rings. The molecule has 0 atom stereocenters. The Hall–Kier alpha value is -1.35. The predicted octanol–water partition coefficient (Wildman–Crippen LogP) is 3.46. The van der Waals surface area contributed by atoms with E-state index < -0.39 is 0 Å². The lowest BCUT2D eigenvalue weighted by atomic mass is 9.98. The molecule has 0 spiro atoms. The minimum atomic E-state index is -0.314. The number of aryl methyl sites for hydroxylation is 1. The first-order valence-corrected chi connectivity index (χ1v) is 6.61. The van der Waals surface area contributed by atoms with Gasteiger partial charge in [0.25, 0.3) is 0 Å². The van der Waals surface area contributed by atoms with Crippen molar-refractivity contribution in [3.63, 3.8) is 0 Å². The number of ether oxygens (including phenoxy) is 2. The average molecular weight is 248 g/mol. The minimum Gasteiger partial charge on any atom is -0.435 e. The van der Waals surface area contributed by atoms with Gasteiger partial charge >= 0.3 is 5.97 Å². The van der Waals surface area contributed by atoms with Crippen LogP contribution in [0.4, 0.5) is 0 Å². The molecule has 1 aromatic carbocycles. The van der Waals surface area contributed by atoms with Crippen LogP contribution in [0.1, 0.15) is 48.0 Å². The van der Waals surface area contributed by atoms with Gasteiger partial charge in [0.15, 0.2) is 6.79 Å². The summed E-state index contributed by atoms with van der Waals surface area (Å²) in [6, 6.07) is 7.35. The quantitative estimate of drug-likeness (QED) is 0.604.